The molecular weight excluding hydrogens is 427 g/mol. The van der Waals surface area contributed by atoms with Gasteiger partial charge < -0.3 is 22.0 Å². The van der Waals surface area contributed by atoms with Crippen LogP contribution >= 0.6 is 22.7 Å². The number of benzene rings is 1. The molecule has 3 heterocycles. The molecule has 0 amide bonds. The number of halogens is 4. The predicted octanol–water partition coefficient (Wildman–Crippen LogP) is 6.78. The molecule has 0 bridgehead atoms. The zero-order valence-corrected chi connectivity index (χ0v) is 16.5. The summed E-state index contributed by atoms with van der Waals surface area (Å²) in [5.74, 6) is 2.59. The van der Waals surface area contributed by atoms with Gasteiger partial charge in [0.05, 0.1) is 12.0 Å². The van der Waals surface area contributed by atoms with Crippen LogP contribution in [0.25, 0.3) is 32.9 Å². The van der Waals surface area contributed by atoms with Crippen LogP contribution in [0.15, 0.2) is 63.7 Å². The minimum Gasteiger partial charge on any atom is -0.497 e. The van der Waals surface area contributed by atoms with E-state index in [4.69, 9.17) is 9.15 Å². The first-order chi connectivity index (χ1) is 13.8. The maximum absolute atomic E-state index is 9.75. The molecule has 0 saturated heterocycles. The van der Waals surface area contributed by atoms with Gasteiger partial charge >= 0.3 is 19.0 Å². The third-order valence-corrected chi connectivity index (χ3v) is 5.14. The van der Waals surface area contributed by atoms with Gasteiger partial charge in [-0.1, -0.05) is 12.1 Å². The minimum atomic E-state index is -6.00. The lowest BCUT2D eigenvalue weighted by atomic mass is 10.2. The number of methoxy groups -OCH3 is 1. The maximum atomic E-state index is 9.75. The molecule has 1 aromatic carbocycles. The number of hydrogen-bond acceptors (Lipinski definition) is 5. The van der Waals surface area contributed by atoms with Crippen molar-refractivity contribution < 1.29 is 26.4 Å². The van der Waals surface area contributed by atoms with Crippen molar-refractivity contribution in [2.75, 3.05) is 7.11 Å². The van der Waals surface area contributed by atoms with Gasteiger partial charge in [-0.05, 0) is 47.2 Å². The topological polar surface area (TPSA) is 46.3 Å². The van der Waals surface area contributed by atoms with Crippen molar-refractivity contribution in [1.82, 2.24) is 9.97 Å². The molecule has 150 valence electrons. The molecule has 0 radical (unpaired) electrons. The first-order valence-electron chi connectivity index (χ1n) is 8.15. The van der Waals surface area contributed by atoms with Gasteiger partial charge in [0.25, 0.3) is 0 Å². The van der Waals surface area contributed by atoms with Crippen molar-refractivity contribution in [3.8, 4) is 38.7 Å². The van der Waals surface area contributed by atoms with Gasteiger partial charge in [-0.15, -0.1) is 32.6 Å². The summed E-state index contributed by atoms with van der Waals surface area (Å²) >= 11 is 3.20. The summed E-state index contributed by atoms with van der Waals surface area (Å²) in [6, 6.07) is 15.6. The number of rotatable bonds is 4. The van der Waals surface area contributed by atoms with Gasteiger partial charge in [-0.3, -0.25) is 0 Å². The lowest BCUT2D eigenvalue weighted by Crippen LogP contribution is -2.02. The van der Waals surface area contributed by atoms with Crippen LogP contribution in [0.3, 0.4) is 0 Å². The number of thiophene rings is 2. The molecule has 4 nitrogen and oxygen atoms in total. The van der Waals surface area contributed by atoms with Crippen molar-refractivity contribution in [2.45, 2.75) is 0 Å². The van der Waals surface area contributed by atoms with Crippen LogP contribution in [0, 0.1) is 0 Å². The van der Waals surface area contributed by atoms with Gasteiger partial charge in [-0.25, -0.2) is 0 Å². The Morgan fingerprint density at radius 1 is 0.828 bits per heavy atom. The Morgan fingerprint density at radius 2 is 1.38 bits per heavy atom. The lowest BCUT2D eigenvalue weighted by Gasteiger charge is -1.99. The van der Waals surface area contributed by atoms with Gasteiger partial charge in [-0.2, -0.15) is 4.42 Å². The van der Waals surface area contributed by atoms with Crippen LogP contribution < -0.4 is 4.74 Å². The van der Waals surface area contributed by atoms with E-state index in [1.165, 1.54) is 0 Å². The standard InChI is InChI=1S/C18H13N2O2S2.BF4/c1-21-13-8-6-12(7-9-13)17-19-16(14-4-2-10-23-14)20-18(22-17)15-5-3-11-24-15;2-1(3,4)5/h2-11H,1H3;/q+1;-1. The highest BCUT2D eigenvalue weighted by Gasteiger charge is 2.25. The second kappa shape index (κ2) is 9.14. The highest BCUT2D eigenvalue weighted by Crippen LogP contribution is 2.31. The summed E-state index contributed by atoms with van der Waals surface area (Å²) in [4.78, 5) is 11.2. The Labute approximate surface area is 171 Å². The average Bonchev–Trinajstić information content (AvgIpc) is 3.40. The number of aromatic nitrogens is 2. The smallest absolute Gasteiger partial charge is 0.497 e. The van der Waals surface area contributed by atoms with Crippen LogP contribution in [0.5, 0.6) is 5.75 Å². The molecule has 4 aromatic rings. The first kappa shape index (κ1) is 20.9. The fraction of sp³-hybridized carbons (Fsp3) is 0.0556. The van der Waals surface area contributed by atoms with Gasteiger partial charge in [0.1, 0.15) is 11.3 Å². The molecule has 0 saturated carbocycles. The monoisotopic (exact) mass is 440 g/mol. The summed E-state index contributed by atoms with van der Waals surface area (Å²) in [6.07, 6.45) is 0. The normalized spacial score (nSPS) is 10.9. The lowest BCUT2D eigenvalue weighted by molar-refractivity contribution is 0.368. The van der Waals surface area contributed by atoms with E-state index in [9.17, 15) is 17.3 Å². The Morgan fingerprint density at radius 3 is 1.90 bits per heavy atom. The largest absolute Gasteiger partial charge is 0.673 e. The second-order valence-electron chi connectivity index (χ2n) is 5.44. The van der Waals surface area contributed by atoms with Crippen LogP contribution in [-0.4, -0.2) is 24.3 Å². The highest BCUT2D eigenvalue weighted by molar-refractivity contribution is 7.13. The molecule has 3 aromatic heterocycles. The number of hydrogen-bond donors (Lipinski definition) is 0. The van der Waals surface area contributed by atoms with E-state index in [0.29, 0.717) is 17.6 Å². The molecule has 0 atom stereocenters. The maximum Gasteiger partial charge on any atom is 0.673 e. The summed E-state index contributed by atoms with van der Waals surface area (Å²) in [5.41, 5.74) is 0.883. The van der Waals surface area contributed by atoms with E-state index < -0.39 is 7.25 Å². The van der Waals surface area contributed by atoms with Crippen LogP contribution in [0.1, 0.15) is 0 Å². The van der Waals surface area contributed by atoms with E-state index in [-0.39, 0.29) is 0 Å². The third kappa shape index (κ3) is 6.10. The van der Waals surface area contributed by atoms with Crippen molar-refractivity contribution in [1.29, 1.82) is 0 Å². The zero-order valence-electron chi connectivity index (χ0n) is 14.9. The molecule has 0 fully saturated rings. The average molecular weight is 440 g/mol. The fourth-order valence-electron chi connectivity index (χ4n) is 2.23. The van der Waals surface area contributed by atoms with E-state index in [2.05, 4.69) is 9.97 Å². The molecule has 0 aliphatic rings. The summed E-state index contributed by atoms with van der Waals surface area (Å²) in [6.45, 7) is 0. The summed E-state index contributed by atoms with van der Waals surface area (Å²) < 4.78 is 50.2. The van der Waals surface area contributed by atoms with Crippen LogP contribution in [0.4, 0.5) is 17.3 Å². The van der Waals surface area contributed by atoms with Crippen molar-refractivity contribution >= 4 is 29.9 Å². The molecule has 11 heteroatoms. The quantitative estimate of drug-likeness (QED) is 0.199. The van der Waals surface area contributed by atoms with Gasteiger partial charge in [0.15, 0.2) is 10.7 Å². The Bertz CT molecular complexity index is 982. The van der Waals surface area contributed by atoms with Crippen molar-refractivity contribution in [3.05, 3.63) is 59.3 Å². The molecular formula is C18H13BF4N2O2S2. The van der Waals surface area contributed by atoms with Gasteiger partial charge in [0.2, 0.25) is 0 Å². The van der Waals surface area contributed by atoms with Crippen molar-refractivity contribution in [3.63, 3.8) is 0 Å². The molecule has 0 spiro atoms. The van der Waals surface area contributed by atoms with Crippen LogP contribution in [0.2, 0.25) is 0 Å². The van der Waals surface area contributed by atoms with E-state index in [0.717, 1.165) is 21.1 Å². The Balaban J connectivity index is 0.000000431. The predicted molar refractivity (Wildman–Crippen MR) is 108 cm³/mol. The van der Waals surface area contributed by atoms with Gasteiger partial charge in [0, 0.05) is 0 Å². The Hall–Kier alpha value is -2.79. The minimum absolute atomic E-state index is 0.541. The number of nitrogens with zero attached hydrogens (tertiary/aromatic N) is 2. The highest BCUT2D eigenvalue weighted by atomic mass is 32.1. The molecule has 0 aliphatic heterocycles. The summed E-state index contributed by atoms with van der Waals surface area (Å²) in [7, 11) is -4.35. The van der Waals surface area contributed by atoms with Crippen LogP contribution in [-0.2, 0) is 0 Å². The zero-order chi connectivity index (χ0) is 20.9. The first-order valence-corrected chi connectivity index (χ1v) is 9.91. The Kier molecular flexibility index (Phi) is 6.60. The van der Waals surface area contributed by atoms with Crippen molar-refractivity contribution in [2.24, 2.45) is 0 Å². The molecule has 0 N–H and O–H groups in total. The third-order valence-electron chi connectivity index (χ3n) is 3.42. The van der Waals surface area contributed by atoms with E-state index in [1.807, 2.05) is 59.3 Å². The molecule has 0 unspecified atom stereocenters. The van der Waals surface area contributed by atoms with E-state index >= 15 is 0 Å². The second-order valence-corrected chi connectivity index (χ2v) is 7.33. The number of ether oxygens (including phenoxy) is 1. The van der Waals surface area contributed by atoms with E-state index in [1.54, 1.807) is 29.8 Å². The molecule has 29 heavy (non-hydrogen) atoms. The fourth-order valence-corrected chi connectivity index (χ4v) is 3.54. The SMILES string of the molecule is COc1ccc(-c2nc(-c3cccs3)nc(-c3cccs3)[o+]2)cc1.F[B-](F)(F)F. The molecule has 0 aliphatic carbocycles. The molecule has 4 rings (SSSR count). The summed E-state index contributed by atoms with van der Waals surface area (Å²) in [5, 5.41) is 4.02.